The van der Waals surface area contributed by atoms with Gasteiger partial charge in [0.05, 0.1) is 18.5 Å². The summed E-state index contributed by atoms with van der Waals surface area (Å²) in [4.78, 5) is 0. The summed E-state index contributed by atoms with van der Waals surface area (Å²) < 4.78 is 11.4. The van der Waals surface area contributed by atoms with Crippen LogP contribution in [0, 0.1) is 11.8 Å². The third-order valence-electron chi connectivity index (χ3n) is 2.63. The van der Waals surface area contributed by atoms with Crippen molar-refractivity contribution < 1.29 is 9.47 Å². The molecule has 0 radical (unpaired) electrons. The van der Waals surface area contributed by atoms with E-state index >= 15 is 0 Å². The first-order valence-corrected chi connectivity index (χ1v) is 6.72. The van der Waals surface area contributed by atoms with Crippen LogP contribution in [0.3, 0.4) is 0 Å². The van der Waals surface area contributed by atoms with Crippen LogP contribution in [0.2, 0.25) is 0 Å². The van der Waals surface area contributed by atoms with Crippen molar-refractivity contribution in [2.45, 2.75) is 60.0 Å². The minimum absolute atomic E-state index is 0.205. The second kappa shape index (κ2) is 7.75. The van der Waals surface area contributed by atoms with Crippen molar-refractivity contribution in [3.8, 4) is 0 Å². The lowest BCUT2D eigenvalue weighted by Crippen LogP contribution is -2.29. The third kappa shape index (κ3) is 7.43. The quantitative estimate of drug-likeness (QED) is 0.587. The van der Waals surface area contributed by atoms with E-state index in [1.165, 1.54) is 0 Å². The van der Waals surface area contributed by atoms with E-state index in [4.69, 9.17) is 9.47 Å². The first-order chi connectivity index (χ1) is 7.83. The molecule has 102 valence electrons. The van der Waals surface area contributed by atoms with Gasteiger partial charge in [0.2, 0.25) is 0 Å². The van der Waals surface area contributed by atoms with E-state index in [0.717, 1.165) is 25.2 Å². The summed E-state index contributed by atoms with van der Waals surface area (Å²) in [6.07, 6.45) is 4.15. The lowest BCUT2D eigenvalue weighted by molar-refractivity contribution is -0.00423. The van der Waals surface area contributed by atoms with Crippen LogP contribution in [0.5, 0.6) is 0 Å². The largest absolute Gasteiger partial charge is 0.501 e. The molecule has 0 fully saturated rings. The maximum atomic E-state index is 5.90. The van der Waals surface area contributed by atoms with E-state index in [-0.39, 0.29) is 5.60 Å². The number of hydrogen-bond acceptors (Lipinski definition) is 2. The van der Waals surface area contributed by atoms with E-state index in [0.29, 0.717) is 11.8 Å². The smallest absolute Gasteiger partial charge is 0.0946 e. The highest BCUT2D eigenvalue weighted by atomic mass is 16.5. The van der Waals surface area contributed by atoms with Crippen LogP contribution >= 0.6 is 0 Å². The minimum atomic E-state index is -0.205. The summed E-state index contributed by atoms with van der Waals surface area (Å²) in [5, 5.41) is 0. The number of ether oxygens (including phenoxy) is 2. The molecule has 1 unspecified atom stereocenters. The molecule has 0 spiro atoms. The van der Waals surface area contributed by atoms with Crippen molar-refractivity contribution in [2.24, 2.45) is 11.8 Å². The molecule has 0 aromatic heterocycles. The average molecular weight is 242 g/mol. The number of methoxy groups -OCH3 is 1. The van der Waals surface area contributed by atoms with E-state index in [1.54, 1.807) is 7.11 Å². The second-order valence-corrected chi connectivity index (χ2v) is 5.76. The number of rotatable bonds is 8. The Morgan fingerprint density at radius 3 is 2.12 bits per heavy atom. The lowest BCUT2D eigenvalue weighted by Gasteiger charge is -2.29. The minimum Gasteiger partial charge on any atom is -0.501 e. The van der Waals surface area contributed by atoms with Gasteiger partial charge < -0.3 is 9.47 Å². The van der Waals surface area contributed by atoms with Crippen LogP contribution in [0.1, 0.15) is 54.4 Å². The molecule has 1 atom stereocenters. The van der Waals surface area contributed by atoms with Gasteiger partial charge in [0, 0.05) is 13.0 Å². The second-order valence-electron chi connectivity index (χ2n) is 5.76. The van der Waals surface area contributed by atoms with Crippen molar-refractivity contribution in [3.63, 3.8) is 0 Å². The molecule has 0 aliphatic carbocycles. The van der Waals surface area contributed by atoms with E-state index in [9.17, 15) is 0 Å². The molecule has 0 rings (SSSR count). The predicted molar refractivity (Wildman–Crippen MR) is 74.0 cm³/mol. The Morgan fingerprint density at radius 1 is 1.18 bits per heavy atom. The summed E-state index contributed by atoms with van der Waals surface area (Å²) in [7, 11) is 1.75. The summed E-state index contributed by atoms with van der Waals surface area (Å²) in [5.41, 5.74) is -0.205. The molecule has 0 aliphatic rings. The van der Waals surface area contributed by atoms with Crippen LogP contribution in [0.25, 0.3) is 0 Å². The molecule has 2 nitrogen and oxygen atoms in total. The molecule has 17 heavy (non-hydrogen) atoms. The van der Waals surface area contributed by atoms with E-state index in [1.807, 2.05) is 6.92 Å². The summed E-state index contributed by atoms with van der Waals surface area (Å²) in [6, 6.07) is 0. The fourth-order valence-electron chi connectivity index (χ4n) is 2.24. The molecular weight excluding hydrogens is 212 g/mol. The standard InChI is InChI=1S/C15H30O2/c1-8-17-15(6,10-13(4)5)11-14(16-7)9-12(2)3/h11-13H,8-10H2,1-7H3/b14-11-. The molecule has 0 saturated carbocycles. The average Bonchev–Trinajstić information content (AvgIpc) is 2.14. The van der Waals surface area contributed by atoms with Gasteiger partial charge in [-0.3, -0.25) is 0 Å². The van der Waals surface area contributed by atoms with Crippen LogP contribution in [0.4, 0.5) is 0 Å². The summed E-state index contributed by atoms with van der Waals surface area (Å²) >= 11 is 0. The van der Waals surface area contributed by atoms with Gasteiger partial charge in [0.25, 0.3) is 0 Å². The molecular formula is C15H30O2. The molecule has 0 heterocycles. The van der Waals surface area contributed by atoms with Crippen LogP contribution < -0.4 is 0 Å². The maximum Gasteiger partial charge on any atom is 0.0946 e. The van der Waals surface area contributed by atoms with Crippen molar-refractivity contribution in [1.29, 1.82) is 0 Å². The van der Waals surface area contributed by atoms with Crippen molar-refractivity contribution in [1.82, 2.24) is 0 Å². The van der Waals surface area contributed by atoms with Gasteiger partial charge in [-0.05, 0) is 38.2 Å². The highest BCUT2D eigenvalue weighted by molar-refractivity contribution is 5.06. The van der Waals surface area contributed by atoms with Crippen LogP contribution in [-0.4, -0.2) is 19.3 Å². The predicted octanol–water partition coefficient (Wildman–Crippen LogP) is 4.40. The molecule has 0 aromatic carbocycles. The molecule has 2 heteroatoms. The van der Waals surface area contributed by atoms with Crippen molar-refractivity contribution >= 4 is 0 Å². The van der Waals surface area contributed by atoms with Gasteiger partial charge in [-0.25, -0.2) is 0 Å². The zero-order chi connectivity index (χ0) is 13.5. The molecule has 0 aliphatic heterocycles. The van der Waals surface area contributed by atoms with Gasteiger partial charge in [0.15, 0.2) is 0 Å². The first-order valence-electron chi connectivity index (χ1n) is 6.72. The highest BCUT2D eigenvalue weighted by Gasteiger charge is 2.24. The normalized spacial score (nSPS) is 16.4. The first kappa shape index (κ1) is 16.5. The van der Waals surface area contributed by atoms with Gasteiger partial charge in [-0.1, -0.05) is 27.7 Å². The molecule has 0 bridgehead atoms. The Kier molecular flexibility index (Phi) is 7.53. The Balaban J connectivity index is 4.83. The summed E-state index contributed by atoms with van der Waals surface area (Å²) in [6.45, 7) is 13.8. The summed E-state index contributed by atoms with van der Waals surface area (Å²) in [5.74, 6) is 2.25. The van der Waals surface area contributed by atoms with Gasteiger partial charge in [-0.2, -0.15) is 0 Å². The SMILES string of the molecule is CCOC(C)(/C=C(/CC(C)C)OC)CC(C)C. The molecule has 0 aromatic rings. The van der Waals surface area contributed by atoms with Gasteiger partial charge in [0.1, 0.15) is 0 Å². The van der Waals surface area contributed by atoms with Crippen molar-refractivity contribution in [2.75, 3.05) is 13.7 Å². The Hall–Kier alpha value is -0.500. The van der Waals surface area contributed by atoms with E-state index in [2.05, 4.69) is 40.7 Å². The number of hydrogen-bond donors (Lipinski definition) is 0. The highest BCUT2D eigenvalue weighted by Crippen LogP contribution is 2.26. The van der Waals surface area contributed by atoms with Crippen LogP contribution in [-0.2, 0) is 9.47 Å². The van der Waals surface area contributed by atoms with Crippen LogP contribution in [0.15, 0.2) is 11.8 Å². The zero-order valence-corrected chi connectivity index (χ0v) is 12.7. The zero-order valence-electron chi connectivity index (χ0n) is 12.7. The maximum absolute atomic E-state index is 5.90. The Bertz CT molecular complexity index is 231. The van der Waals surface area contributed by atoms with Crippen molar-refractivity contribution in [3.05, 3.63) is 11.8 Å². The van der Waals surface area contributed by atoms with E-state index < -0.39 is 0 Å². The Labute approximate surface area is 107 Å². The topological polar surface area (TPSA) is 18.5 Å². The molecule has 0 amide bonds. The molecule has 0 N–H and O–H groups in total. The van der Waals surface area contributed by atoms with Gasteiger partial charge >= 0.3 is 0 Å². The van der Waals surface area contributed by atoms with Gasteiger partial charge in [-0.15, -0.1) is 0 Å². The number of allylic oxidation sites excluding steroid dienone is 1. The lowest BCUT2D eigenvalue weighted by atomic mass is 9.92. The Morgan fingerprint density at radius 2 is 1.76 bits per heavy atom. The third-order valence-corrected chi connectivity index (χ3v) is 2.63. The fourth-order valence-corrected chi connectivity index (χ4v) is 2.24. The monoisotopic (exact) mass is 242 g/mol. The molecule has 0 saturated heterocycles. The fraction of sp³-hybridized carbons (Fsp3) is 0.867.